The summed E-state index contributed by atoms with van der Waals surface area (Å²) in [6.45, 7) is 1.60. The predicted octanol–water partition coefficient (Wildman–Crippen LogP) is 3.09. The Morgan fingerprint density at radius 3 is 2.79 bits per heavy atom. The molecule has 0 saturated heterocycles. The van der Waals surface area contributed by atoms with E-state index in [-0.39, 0.29) is 5.91 Å². The van der Waals surface area contributed by atoms with E-state index in [0.29, 0.717) is 11.5 Å². The van der Waals surface area contributed by atoms with Gasteiger partial charge >= 0.3 is 0 Å². The van der Waals surface area contributed by atoms with Gasteiger partial charge in [0.05, 0.1) is 11.6 Å². The summed E-state index contributed by atoms with van der Waals surface area (Å²) in [6.07, 6.45) is 6.46. The molecule has 0 unspecified atom stereocenters. The summed E-state index contributed by atoms with van der Waals surface area (Å²) < 4.78 is 0. The molecular weight excluding hydrogens is 236 g/mol. The predicted molar refractivity (Wildman–Crippen MR) is 72.5 cm³/mol. The molecule has 2 aliphatic rings. The molecule has 1 heterocycles. The second kappa shape index (κ2) is 5.05. The van der Waals surface area contributed by atoms with Gasteiger partial charge in [0.15, 0.2) is 0 Å². The maximum Gasteiger partial charge on any atom is 0.254 e. The van der Waals surface area contributed by atoms with E-state index in [9.17, 15) is 4.79 Å². The molecule has 0 aromatic heterocycles. The molecule has 0 spiro atoms. The highest BCUT2D eigenvalue weighted by molar-refractivity contribution is 5.98. The lowest BCUT2D eigenvalue weighted by Crippen LogP contribution is -2.30. The first kappa shape index (κ1) is 12.2. The molecule has 19 heavy (non-hydrogen) atoms. The SMILES string of the molecule is N#Cc1ccc2c(c1)C(=O)N(CC1CCCCC1)C2. The van der Waals surface area contributed by atoms with Crippen LogP contribution in [0.15, 0.2) is 18.2 Å². The normalized spacial score (nSPS) is 19.3. The number of rotatable bonds is 2. The number of carbonyl (C=O) groups excluding carboxylic acids is 1. The molecule has 1 aliphatic carbocycles. The second-order valence-corrected chi connectivity index (χ2v) is 5.67. The minimum Gasteiger partial charge on any atom is -0.334 e. The molecule has 1 amide bonds. The van der Waals surface area contributed by atoms with Crippen molar-refractivity contribution >= 4 is 5.91 Å². The van der Waals surface area contributed by atoms with Crippen LogP contribution >= 0.6 is 0 Å². The minimum absolute atomic E-state index is 0.109. The molecule has 0 atom stereocenters. The molecule has 0 radical (unpaired) electrons. The molecule has 1 aromatic carbocycles. The van der Waals surface area contributed by atoms with Crippen molar-refractivity contribution < 1.29 is 4.79 Å². The van der Waals surface area contributed by atoms with Crippen LogP contribution in [-0.4, -0.2) is 17.4 Å². The monoisotopic (exact) mass is 254 g/mol. The Morgan fingerprint density at radius 1 is 1.26 bits per heavy atom. The van der Waals surface area contributed by atoms with Crippen molar-refractivity contribution in [1.29, 1.82) is 5.26 Å². The quantitative estimate of drug-likeness (QED) is 0.814. The van der Waals surface area contributed by atoms with E-state index in [4.69, 9.17) is 5.26 Å². The first-order valence-corrected chi connectivity index (χ1v) is 7.10. The topological polar surface area (TPSA) is 44.1 Å². The van der Waals surface area contributed by atoms with E-state index in [2.05, 4.69) is 6.07 Å². The largest absolute Gasteiger partial charge is 0.334 e. The van der Waals surface area contributed by atoms with Gasteiger partial charge in [0.25, 0.3) is 5.91 Å². The Labute approximate surface area is 113 Å². The van der Waals surface area contributed by atoms with Crippen molar-refractivity contribution in [1.82, 2.24) is 4.90 Å². The van der Waals surface area contributed by atoms with Gasteiger partial charge in [-0.1, -0.05) is 25.3 Å². The zero-order chi connectivity index (χ0) is 13.2. The third-order valence-corrected chi connectivity index (χ3v) is 4.32. The van der Waals surface area contributed by atoms with Crippen LogP contribution in [0, 0.1) is 17.2 Å². The van der Waals surface area contributed by atoms with Gasteiger partial charge in [-0.15, -0.1) is 0 Å². The Kier molecular flexibility index (Phi) is 3.25. The molecule has 0 N–H and O–H groups in total. The van der Waals surface area contributed by atoms with Crippen LogP contribution in [0.1, 0.15) is 53.6 Å². The summed E-state index contributed by atoms with van der Waals surface area (Å²) in [5.41, 5.74) is 2.38. The Hall–Kier alpha value is -1.82. The highest BCUT2D eigenvalue weighted by Gasteiger charge is 2.29. The molecule has 3 nitrogen and oxygen atoms in total. The number of amides is 1. The number of fused-ring (bicyclic) bond motifs is 1. The van der Waals surface area contributed by atoms with Crippen LogP contribution in [0.5, 0.6) is 0 Å². The lowest BCUT2D eigenvalue weighted by molar-refractivity contribution is 0.0738. The van der Waals surface area contributed by atoms with E-state index < -0.39 is 0 Å². The number of nitriles is 1. The number of hydrogen-bond acceptors (Lipinski definition) is 2. The van der Waals surface area contributed by atoms with Gasteiger partial charge in [-0.2, -0.15) is 5.26 Å². The molecule has 1 aliphatic heterocycles. The summed E-state index contributed by atoms with van der Waals surface area (Å²) in [5, 5.41) is 8.91. The van der Waals surface area contributed by atoms with E-state index in [1.807, 2.05) is 11.0 Å². The molecule has 1 fully saturated rings. The van der Waals surface area contributed by atoms with Crippen molar-refractivity contribution in [3.8, 4) is 6.07 Å². The van der Waals surface area contributed by atoms with Gasteiger partial charge in [-0.05, 0) is 36.5 Å². The smallest absolute Gasteiger partial charge is 0.254 e. The molecule has 1 aromatic rings. The van der Waals surface area contributed by atoms with Gasteiger partial charge in [0.2, 0.25) is 0 Å². The first-order valence-electron chi connectivity index (χ1n) is 7.10. The van der Waals surface area contributed by atoms with E-state index in [1.165, 1.54) is 32.1 Å². The fourth-order valence-electron chi connectivity index (χ4n) is 3.26. The lowest BCUT2D eigenvalue weighted by atomic mass is 9.89. The molecular formula is C16H18N2O. The van der Waals surface area contributed by atoms with Crippen LogP contribution in [-0.2, 0) is 6.54 Å². The molecule has 0 bridgehead atoms. The van der Waals surface area contributed by atoms with Crippen molar-refractivity contribution in [3.63, 3.8) is 0 Å². The molecule has 1 saturated carbocycles. The number of nitrogens with zero attached hydrogens (tertiary/aromatic N) is 2. The van der Waals surface area contributed by atoms with Gasteiger partial charge < -0.3 is 4.90 Å². The van der Waals surface area contributed by atoms with Crippen molar-refractivity contribution in [2.75, 3.05) is 6.54 Å². The van der Waals surface area contributed by atoms with Crippen LogP contribution < -0.4 is 0 Å². The standard InChI is InChI=1S/C16H18N2O/c17-9-13-6-7-14-11-18(16(19)15(14)8-13)10-12-4-2-1-3-5-12/h6-8,12H,1-5,10-11H2. The third kappa shape index (κ3) is 2.35. The minimum atomic E-state index is 0.109. The number of benzene rings is 1. The van der Waals surface area contributed by atoms with Crippen LogP contribution in [0.25, 0.3) is 0 Å². The first-order chi connectivity index (χ1) is 9.28. The van der Waals surface area contributed by atoms with Crippen molar-refractivity contribution in [3.05, 3.63) is 34.9 Å². The number of carbonyl (C=O) groups is 1. The zero-order valence-electron chi connectivity index (χ0n) is 11.1. The molecule has 3 rings (SSSR count). The second-order valence-electron chi connectivity index (χ2n) is 5.67. The lowest BCUT2D eigenvalue weighted by Gasteiger charge is -2.26. The average molecular weight is 254 g/mol. The van der Waals surface area contributed by atoms with Gasteiger partial charge in [-0.3, -0.25) is 4.79 Å². The van der Waals surface area contributed by atoms with Crippen LogP contribution in [0.3, 0.4) is 0 Å². The zero-order valence-corrected chi connectivity index (χ0v) is 11.1. The Morgan fingerprint density at radius 2 is 2.05 bits per heavy atom. The summed E-state index contributed by atoms with van der Waals surface area (Å²) in [5.74, 6) is 0.778. The third-order valence-electron chi connectivity index (χ3n) is 4.32. The van der Waals surface area contributed by atoms with Gasteiger partial charge in [-0.25, -0.2) is 0 Å². The van der Waals surface area contributed by atoms with E-state index in [1.54, 1.807) is 12.1 Å². The van der Waals surface area contributed by atoms with Crippen LogP contribution in [0.2, 0.25) is 0 Å². The Balaban J connectivity index is 1.74. The summed E-state index contributed by atoms with van der Waals surface area (Å²) in [4.78, 5) is 14.3. The van der Waals surface area contributed by atoms with Gasteiger partial charge in [0.1, 0.15) is 0 Å². The highest BCUT2D eigenvalue weighted by atomic mass is 16.2. The van der Waals surface area contributed by atoms with E-state index in [0.717, 1.165) is 24.2 Å². The Bertz CT molecular complexity index is 538. The van der Waals surface area contributed by atoms with Gasteiger partial charge in [0, 0.05) is 18.7 Å². The van der Waals surface area contributed by atoms with Crippen molar-refractivity contribution in [2.24, 2.45) is 5.92 Å². The summed E-state index contributed by atoms with van der Waals surface area (Å²) in [7, 11) is 0. The fraction of sp³-hybridized carbons (Fsp3) is 0.500. The summed E-state index contributed by atoms with van der Waals surface area (Å²) >= 11 is 0. The summed E-state index contributed by atoms with van der Waals surface area (Å²) in [6, 6.07) is 7.56. The molecule has 3 heteroatoms. The highest BCUT2D eigenvalue weighted by Crippen LogP contribution is 2.29. The molecule has 98 valence electrons. The van der Waals surface area contributed by atoms with E-state index >= 15 is 0 Å². The average Bonchev–Trinajstić information content (AvgIpc) is 2.76. The number of hydrogen-bond donors (Lipinski definition) is 0. The maximum atomic E-state index is 12.4. The maximum absolute atomic E-state index is 12.4. The fourth-order valence-corrected chi connectivity index (χ4v) is 3.26. The van der Waals surface area contributed by atoms with Crippen molar-refractivity contribution in [2.45, 2.75) is 38.6 Å². The van der Waals surface area contributed by atoms with Crippen LogP contribution in [0.4, 0.5) is 0 Å².